The second-order valence-corrected chi connectivity index (χ2v) is 5.93. The minimum Gasteiger partial charge on any atom is -0.480 e. The SMILES string of the molecule is CCC(C)CC(C)NC(=O)N[C@@H](CCSC)C(=O)O. The first-order chi connectivity index (χ1) is 8.90. The topological polar surface area (TPSA) is 78.4 Å². The summed E-state index contributed by atoms with van der Waals surface area (Å²) in [6.45, 7) is 6.18. The van der Waals surface area contributed by atoms with E-state index in [1.807, 2.05) is 13.2 Å². The van der Waals surface area contributed by atoms with E-state index in [1.54, 1.807) is 11.8 Å². The summed E-state index contributed by atoms with van der Waals surface area (Å²) < 4.78 is 0. The van der Waals surface area contributed by atoms with E-state index >= 15 is 0 Å². The van der Waals surface area contributed by atoms with Gasteiger partial charge in [-0.15, -0.1) is 0 Å². The first-order valence-electron chi connectivity index (χ1n) is 6.69. The van der Waals surface area contributed by atoms with E-state index in [2.05, 4.69) is 24.5 Å². The van der Waals surface area contributed by atoms with E-state index in [0.717, 1.165) is 12.8 Å². The summed E-state index contributed by atoms with van der Waals surface area (Å²) in [6.07, 6.45) is 4.31. The van der Waals surface area contributed by atoms with Gasteiger partial charge >= 0.3 is 12.0 Å². The van der Waals surface area contributed by atoms with Crippen LogP contribution in [0.5, 0.6) is 0 Å². The van der Waals surface area contributed by atoms with Crippen molar-refractivity contribution in [3.63, 3.8) is 0 Å². The van der Waals surface area contributed by atoms with Crippen molar-refractivity contribution in [1.29, 1.82) is 0 Å². The number of thioether (sulfide) groups is 1. The van der Waals surface area contributed by atoms with E-state index in [4.69, 9.17) is 5.11 Å². The molecular formula is C13H26N2O3S. The van der Waals surface area contributed by atoms with Gasteiger partial charge in [-0.3, -0.25) is 0 Å². The lowest BCUT2D eigenvalue weighted by Crippen LogP contribution is -2.48. The van der Waals surface area contributed by atoms with Gasteiger partial charge < -0.3 is 15.7 Å². The second kappa shape index (κ2) is 9.95. The molecule has 0 spiro atoms. The van der Waals surface area contributed by atoms with Gasteiger partial charge in [0.15, 0.2) is 0 Å². The third-order valence-corrected chi connectivity index (χ3v) is 3.69. The lowest BCUT2D eigenvalue weighted by Gasteiger charge is -2.20. The van der Waals surface area contributed by atoms with Crippen LogP contribution in [0.1, 0.15) is 40.0 Å². The molecule has 0 aliphatic carbocycles. The Morgan fingerprint density at radius 1 is 1.26 bits per heavy atom. The van der Waals surface area contributed by atoms with E-state index in [-0.39, 0.29) is 6.04 Å². The highest BCUT2D eigenvalue weighted by Crippen LogP contribution is 2.09. The number of carboxylic acid groups (broad SMARTS) is 1. The van der Waals surface area contributed by atoms with Gasteiger partial charge in [0, 0.05) is 6.04 Å². The van der Waals surface area contributed by atoms with Gasteiger partial charge in [-0.25, -0.2) is 9.59 Å². The van der Waals surface area contributed by atoms with Crippen LogP contribution in [0.3, 0.4) is 0 Å². The molecule has 3 N–H and O–H groups in total. The van der Waals surface area contributed by atoms with Crippen molar-refractivity contribution in [3.8, 4) is 0 Å². The van der Waals surface area contributed by atoms with Gasteiger partial charge in [0.25, 0.3) is 0 Å². The molecule has 0 aliphatic heterocycles. The fraction of sp³-hybridized carbons (Fsp3) is 0.846. The van der Waals surface area contributed by atoms with Crippen molar-refractivity contribution >= 4 is 23.8 Å². The normalized spacial score (nSPS) is 15.4. The molecule has 0 saturated heterocycles. The fourth-order valence-corrected chi connectivity index (χ4v) is 2.22. The number of aliphatic carboxylic acids is 1. The Kier molecular flexibility index (Phi) is 9.47. The Morgan fingerprint density at radius 3 is 2.37 bits per heavy atom. The van der Waals surface area contributed by atoms with Crippen molar-refractivity contribution < 1.29 is 14.7 Å². The number of urea groups is 1. The average Bonchev–Trinajstić information content (AvgIpc) is 2.33. The van der Waals surface area contributed by atoms with Gasteiger partial charge in [0.2, 0.25) is 0 Å². The standard InChI is InChI=1S/C13H26N2O3S/c1-5-9(2)8-10(3)14-13(18)15-11(12(16)17)6-7-19-4/h9-11H,5-8H2,1-4H3,(H,16,17)(H2,14,15,18)/t9?,10?,11-/m0/s1. The number of carbonyl (C=O) groups excluding carboxylic acids is 1. The summed E-state index contributed by atoms with van der Waals surface area (Å²) in [5.74, 6) is 0.264. The van der Waals surface area contributed by atoms with E-state index in [0.29, 0.717) is 18.1 Å². The van der Waals surface area contributed by atoms with Crippen molar-refractivity contribution in [2.75, 3.05) is 12.0 Å². The molecule has 5 nitrogen and oxygen atoms in total. The minimum absolute atomic E-state index is 0.0462. The molecule has 0 heterocycles. The van der Waals surface area contributed by atoms with Gasteiger partial charge in [0.05, 0.1) is 0 Å². The van der Waals surface area contributed by atoms with Crippen LogP contribution >= 0.6 is 11.8 Å². The highest BCUT2D eigenvalue weighted by molar-refractivity contribution is 7.98. The van der Waals surface area contributed by atoms with Crippen LogP contribution in [-0.4, -0.2) is 41.2 Å². The highest BCUT2D eigenvalue weighted by Gasteiger charge is 2.20. The van der Waals surface area contributed by atoms with Crippen molar-refractivity contribution in [2.24, 2.45) is 5.92 Å². The van der Waals surface area contributed by atoms with Gasteiger partial charge in [-0.1, -0.05) is 20.3 Å². The van der Waals surface area contributed by atoms with Crippen LogP contribution in [0.4, 0.5) is 4.79 Å². The van der Waals surface area contributed by atoms with Crippen LogP contribution in [0.15, 0.2) is 0 Å². The summed E-state index contributed by atoms with van der Waals surface area (Å²) in [5.41, 5.74) is 0. The molecule has 0 fully saturated rings. The molecule has 0 saturated carbocycles. The first-order valence-corrected chi connectivity index (χ1v) is 8.08. The predicted molar refractivity (Wildman–Crippen MR) is 79.6 cm³/mol. The Morgan fingerprint density at radius 2 is 1.89 bits per heavy atom. The fourth-order valence-electron chi connectivity index (χ4n) is 1.75. The zero-order valence-electron chi connectivity index (χ0n) is 12.2. The summed E-state index contributed by atoms with van der Waals surface area (Å²) in [6, 6.07) is -1.17. The summed E-state index contributed by atoms with van der Waals surface area (Å²) in [4.78, 5) is 22.7. The monoisotopic (exact) mass is 290 g/mol. The van der Waals surface area contributed by atoms with Crippen molar-refractivity contribution in [1.82, 2.24) is 10.6 Å². The van der Waals surface area contributed by atoms with Crippen molar-refractivity contribution in [3.05, 3.63) is 0 Å². The molecule has 19 heavy (non-hydrogen) atoms. The largest absolute Gasteiger partial charge is 0.480 e. The summed E-state index contributed by atoms with van der Waals surface area (Å²) in [7, 11) is 0. The zero-order valence-corrected chi connectivity index (χ0v) is 13.0. The number of carbonyl (C=O) groups is 2. The van der Waals surface area contributed by atoms with E-state index < -0.39 is 18.0 Å². The number of hydrogen-bond donors (Lipinski definition) is 3. The lowest BCUT2D eigenvalue weighted by molar-refractivity contribution is -0.139. The molecule has 0 aliphatic rings. The maximum absolute atomic E-state index is 11.7. The molecule has 112 valence electrons. The molecule has 0 rings (SSSR count). The van der Waals surface area contributed by atoms with Crippen molar-refractivity contribution in [2.45, 2.75) is 52.1 Å². The molecule has 0 radical (unpaired) electrons. The van der Waals surface area contributed by atoms with Gasteiger partial charge in [-0.05, 0) is 37.7 Å². The minimum atomic E-state index is -0.987. The molecule has 3 atom stereocenters. The van der Waals surface area contributed by atoms with Gasteiger partial charge in [-0.2, -0.15) is 11.8 Å². The van der Waals surface area contributed by atoms with Crippen LogP contribution in [0.2, 0.25) is 0 Å². The number of nitrogens with one attached hydrogen (secondary N) is 2. The number of carboxylic acids is 1. The van der Waals surface area contributed by atoms with E-state index in [9.17, 15) is 9.59 Å². The Hall–Kier alpha value is -0.910. The molecule has 0 aromatic heterocycles. The zero-order chi connectivity index (χ0) is 14.8. The molecule has 0 aromatic carbocycles. The highest BCUT2D eigenvalue weighted by atomic mass is 32.2. The number of hydrogen-bond acceptors (Lipinski definition) is 3. The molecule has 2 amide bonds. The predicted octanol–water partition coefficient (Wildman–Crippen LogP) is 2.32. The van der Waals surface area contributed by atoms with Crippen LogP contribution in [-0.2, 0) is 4.79 Å². The average molecular weight is 290 g/mol. The second-order valence-electron chi connectivity index (χ2n) is 4.94. The summed E-state index contributed by atoms with van der Waals surface area (Å²) in [5, 5.41) is 14.3. The smallest absolute Gasteiger partial charge is 0.326 e. The Balaban J connectivity index is 4.14. The summed E-state index contributed by atoms with van der Waals surface area (Å²) >= 11 is 1.56. The quantitative estimate of drug-likeness (QED) is 0.609. The number of amides is 2. The molecular weight excluding hydrogens is 264 g/mol. The Labute approximate surface area is 119 Å². The molecule has 2 unspecified atom stereocenters. The first kappa shape index (κ1) is 18.1. The van der Waals surface area contributed by atoms with Crippen LogP contribution in [0.25, 0.3) is 0 Å². The van der Waals surface area contributed by atoms with Crippen LogP contribution in [0, 0.1) is 5.92 Å². The third kappa shape index (κ3) is 8.75. The Bertz CT molecular complexity index is 287. The van der Waals surface area contributed by atoms with E-state index in [1.165, 1.54) is 0 Å². The maximum Gasteiger partial charge on any atom is 0.326 e. The molecule has 6 heteroatoms. The molecule has 0 bridgehead atoms. The molecule has 0 aromatic rings. The number of rotatable bonds is 9. The lowest BCUT2D eigenvalue weighted by atomic mass is 10.0. The van der Waals surface area contributed by atoms with Crippen LogP contribution < -0.4 is 10.6 Å². The van der Waals surface area contributed by atoms with Gasteiger partial charge in [0.1, 0.15) is 6.04 Å². The maximum atomic E-state index is 11.7. The third-order valence-electron chi connectivity index (χ3n) is 3.04.